The Morgan fingerprint density at radius 1 is 1.10 bits per heavy atom. The first kappa shape index (κ1) is 13.3. The number of hydrogen-bond donors (Lipinski definition) is 1. The van der Waals surface area contributed by atoms with Crippen LogP contribution in [-0.2, 0) is 19.3 Å². The van der Waals surface area contributed by atoms with Gasteiger partial charge >= 0.3 is 0 Å². The van der Waals surface area contributed by atoms with Crippen LogP contribution < -0.4 is 19.5 Å². The molecular formula is C17H23NO3. The number of fused-ring (bicyclic) bond motifs is 2. The fourth-order valence-electron chi connectivity index (χ4n) is 3.94. The SMILES string of the molecule is COc1c2c(c(CC3CCCCN3)c3c1OCC3)OCC2. The van der Waals surface area contributed by atoms with Crippen LogP contribution >= 0.6 is 0 Å². The van der Waals surface area contributed by atoms with Crippen LogP contribution in [0.4, 0.5) is 0 Å². The molecule has 0 saturated carbocycles. The van der Waals surface area contributed by atoms with Gasteiger partial charge in [0.05, 0.1) is 20.3 Å². The molecule has 1 aromatic rings. The Morgan fingerprint density at radius 2 is 1.90 bits per heavy atom. The molecule has 4 nitrogen and oxygen atoms in total. The van der Waals surface area contributed by atoms with Crippen molar-refractivity contribution >= 4 is 0 Å². The standard InChI is InChI=1S/C17H23NO3/c1-19-16-13-6-9-20-15(13)14(12-5-8-21-17(12)16)10-11-4-2-3-7-18-11/h11,18H,2-10H2,1H3. The fourth-order valence-corrected chi connectivity index (χ4v) is 3.94. The third-order valence-corrected chi connectivity index (χ3v) is 4.93. The predicted molar refractivity (Wildman–Crippen MR) is 80.7 cm³/mol. The van der Waals surface area contributed by atoms with E-state index in [1.54, 1.807) is 7.11 Å². The summed E-state index contributed by atoms with van der Waals surface area (Å²) in [5.74, 6) is 2.98. The zero-order valence-corrected chi connectivity index (χ0v) is 12.7. The molecule has 0 aromatic heterocycles. The summed E-state index contributed by atoms with van der Waals surface area (Å²) in [6.45, 7) is 2.67. The number of methoxy groups -OCH3 is 1. The predicted octanol–water partition coefficient (Wildman–Crippen LogP) is 2.25. The highest BCUT2D eigenvalue weighted by Gasteiger charge is 2.33. The number of benzene rings is 1. The summed E-state index contributed by atoms with van der Waals surface area (Å²) in [6.07, 6.45) is 6.85. The minimum atomic E-state index is 0.574. The number of hydrogen-bond acceptors (Lipinski definition) is 4. The van der Waals surface area contributed by atoms with Crippen LogP contribution in [0.2, 0.25) is 0 Å². The highest BCUT2D eigenvalue weighted by atomic mass is 16.5. The maximum Gasteiger partial charge on any atom is 0.168 e. The molecule has 0 bridgehead atoms. The number of rotatable bonds is 3. The molecule has 0 amide bonds. The second-order valence-electron chi connectivity index (χ2n) is 6.18. The summed E-state index contributed by atoms with van der Waals surface area (Å²) in [5.41, 5.74) is 3.90. The smallest absolute Gasteiger partial charge is 0.168 e. The molecular weight excluding hydrogens is 266 g/mol. The number of nitrogens with one attached hydrogen (secondary N) is 1. The van der Waals surface area contributed by atoms with Gasteiger partial charge in [-0.25, -0.2) is 0 Å². The van der Waals surface area contributed by atoms with Crippen LogP contribution in [0.25, 0.3) is 0 Å². The van der Waals surface area contributed by atoms with Crippen molar-refractivity contribution in [2.24, 2.45) is 0 Å². The van der Waals surface area contributed by atoms with E-state index in [-0.39, 0.29) is 0 Å². The molecule has 1 aromatic carbocycles. The lowest BCUT2D eigenvalue weighted by Crippen LogP contribution is -2.35. The summed E-state index contributed by atoms with van der Waals surface area (Å²) in [6, 6.07) is 0.574. The zero-order valence-electron chi connectivity index (χ0n) is 12.7. The molecule has 0 radical (unpaired) electrons. The van der Waals surface area contributed by atoms with Gasteiger partial charge in [0, 0.05) is 35.6 Å². The van der Waals surface area contributed by atoms with Crippen molar-refractivity contribution in [3.8, 4) is 17.2 Å². The van der Waals surface area contributed by atoms with E-state index in [1.165, 1.54) is 36.0 Å². The third kappa shape index (κ3) is 2.16. The molecule has 3 heterocycles. The number of piperidine rings is 1. The van der Waals surface area contributed by atoms with Crippen molar-refractivity contribution in [2.45, 2.75) is 44.6 Å². The van der Waals surface area contributed by atoms with E-state index in [1.807, 2.05) is 0 Å². The molecule has 3 aliphatic rings. The first-order chi connectivity index (χ1) is 10.4. The quantitative estimate of drug-likeness (QED) is 0.926. The highest BCUT2D eigenvalue weighted by Crippen LogP contribution is 2.49. The minimum absolute atomic E-state index is 0.574. The Hall–Kier alpha value is -1.42. The lowest BCUT2D eigenvalue weighted by Gasteiger charge is -2.25. The molecule has 21 heavy (non-hydrogen) atoms. The van der Waals surface area contributed by atoms with E-state index in [0.717, 1.165) is 56.3 Å². The Kier molecular flexibility index (Phi) is 3.42. The van der Waals surface area contributed by atoms with Gasteiger partial charge in [-0.05, 0) is 25.8 Å². The van der Waals surface area contributed by atoms with E-state index < -0.39 is 0 Å². The average molecular weight is 289 g/mol. The number of ether oxygens (including phenoxy) is 3. The van der Waals surface area contributed by atoms with Crippen LogP contribution in [0.1, 0.15) is 36.0 Å². The summed E-state index contributed by atoms with van der Waals surface area (Å²) in [7, 11) is 1.73. The molecule has 0 spiro atoms. The summed E-state index contributed by atoms with van der Waals surface area (Å²) in [4.78, 5) is 0. The van der Waals surface area contributed by atoms with Crippen molar-refractivity contribution in [1.29, 1.82) is 0 Å². The minimum Gasteiger partial charge on any atom is -0.493 e. The van der Waals surface area contributed by atoms with Crippen molar-refractivity contribution in [3.63, 3.8) is 0 Å². The Bertz CT molecular complexity index is 514. The van der Waals surface area contributed by atoms with Gasteiger partial charge in [0.1, 0.15) is 5.75 Å². The van der Waals surface area contributed by atoms with Gasteiger partial charge in [-0.15, -0.1) is 0 Å². The molecule has 4 rings (SSSR count). The summed E-state index contributed by atoms with van der Waals surface area (Å²) >= 11 is 0. The maximum absolute atomic E-state index is 5.98. The Morgan fingerprint density at radius 3 is 2.67 bits per heavy atom. The molecule has 1 fully saturated rings. The van der Waals surface area contributed by atoms with E-state index in [0.29, 0.717) is 6.04 Å². The van der Waals surface area contributed by atoms with Gasteiger partial charge in [-0.1, -0.05) is 6.42 Å². The zero-order chi connectivity index (χ0) is 14.2. The maximum atomic E-state index is 5.98. The van der Waals surface area contributed by atoms with Crippen LogP contribution in [0.5, 0.6) is 17.2 Å². The molecule has 4 heteroatoms. The summed E-state index contributed by atoms with van der Waals surface area (Å²) in [5, 5.41) is 3.65. The van der Waals surface area contributed by atoms with Gasteiger partial charge < -0.3 is 19.5 Å². The van der Waals surface area contributed by atoms with Gasteiger partial charge in [-0.2, -0.15) is 0 Å². The van der Waals surface area contributed by atoms with Crippen molar-refractivity contribution < 1.29 is 14.2 Å². The average Bonchev–Trinajstić information content (AvgIpc) is 3.17. The second-order valence-corrected chi connectivity index (χ2v) is 6.18. The topological polar surface area (TPSA) is 39.7 Å². The monoisotopic (exact) mass is 289 g/mol. The lowest BCUT2D eigenvalue weighted by molar-refractivity contribution is 0.324. The lowest BCUT2D eigenvalue weighted by atomic mass is 9.91. The molecule has 0 aliphatic carbocycles. The van der Waals surface area contributed by atoms with E-state index in [2.05, 4.69) is 5.32 Å². The fraction of sp³-hybridized carbons (Fsp3) is 0.647. The van der Waals surface area contributed by atoms with Crippen molar-refractivity contribution in [2.75, 3.05) is 26.9 Å². The van der Waals surface area contributed by atoms with Crippen LogP contribution in [0.3, 0.4) is 0 Å². The Balaban J connectivity index is 1.76. The van der Waals surface area contributed by atoms with Crippen molar-refractivity contribution in [1.82, 2.24) is 5.32 Å². The largest absolute Gasteiger partial charge is 0.493 e. The van der Waals surface area contributed by atoms with E-state index >= 15 is 0 Å². The normalized spacial score (nSPS) is 23.2. The Labute approximate surface area is 125 Å². The second kappa shape index (κ2) is 5.41. The summed E-state index contributed by atoms with van der Waals surface area (Å²) < 4.78 is 17.5. The molecule has 1 unspecified atom stereocenters. The van der Waals surface area contributed by atoms with Gasteiger partial charge in [0.15, 0.2) is 11.5 Å². The van der Waals surface area contributed by atoms with Gasteiger partial charge in [0.25, 0.3) is 0 Å². The molecule has 1 N–H and O–H groups in total. The van der Waals surface area contributed by atoms with Crippen molar-refractivity contribution in [3.05, 3.63) is 16.7 Å². The van der Waals surface area contributed by atoms with E-state index in [9.17, 15) is 0 Å². The molecule has 3 aliphatic heterocycles. The molecule has 1 atom stereocenters. The van der Waals surface area contributed by atoms with Gasteiger partial charge in [0.2, 0.25) is 0 Å². The molecule has 114 valence electrons. The van der Waals surface area contributed by atoms with Crippen LogP contribution in [0.15, 0.2) is 0 Å². The van der Waals surface area contributed by atoms with E-state index in [4.69, 9.17) is 14.2 Å². The first-order valence-electron chi connectivity index (χ1n) is 8.12. The third-order valence-electron chi connectivity index (χ3n) is 4.93. The van der Waals surface area contributed by atoms with Gasteiger partial charge in [-0.3, -0.25) is 0 Å². The van der Waals surface area contributed by atoms with Crippen LogP contribution in [-0.4, -0.2) is 32.9 Å². The van der Waals surface area contributed by atoms with Crippen LogP contribution in [0, 0.1) is 0 Å². The highest BCUT2D eigenvalue weighted by molar-refractivity contribution is 5.65. The first-order valence-corrected chi connectivity index (χ1v) is 8.12. The molecule has 1 saturated heterocycles.